The molecule has 0 aliphatic heterocycles. The Balaban J connectivity index is 0. The topological polar surface area (TPSA) is 202 Å². The number of carbonyl (C=O) groups excluding carboxylic acids is 3. The zero-order valence-electron chi connectivity index (χ0n) is 12.3. The van der Waals surface area contributed by atoms with Crippen LogP contribution in [0.15, 0.2) is 0 Å². The Kier molecular flexibility index (Phi) is 13.5. The van der Waals surface area contributed by atoms with E-state index < -0.39 is 55.5 Å². The lowest BCUT2D eigenvalue weighted by molar-refractivity contribution is -0.155. The van der Waals surface area contributed by atoms with E-state index in [4.69, 9.17) is 35.7 Å². The van der Waals surface area contributed by atoms with Crippen molar-refractivity contribution in [3.05, 3.63) is 0 Å². The smallest absolute Gasteiger partial charge is 0.374 e. The van der Waals surface area contributed by atoms with E-state index in [0.29, 0.717) is 0 Å². The molecular formula is C12H22O11. The molecule has 11 heteroatoms. The first-order chi connectivity index (χ1) is 10.6. The molecule has 0 radical (unpaired) electrons. The molecular weight excluding hydrogens is 320 g/mol. The van der Waals surface area contributed by atoms with E-state index >= 15 is 0 Å². The van der Waals surface area contributed by atoms with E-state index in [2.05, 4.69) is 4.74 Å². The van der Waals surface area contributed by atoms with Gasteiger partial charge in [0.2, 0.25) is 5.78 Å². The number of aliphatic hydroxyl groups is 7. The molecule has 0 heterocycles. The Morgan fingerprint density at radius 1 is 1.00 bits per heavy atom. The average Bonchev–Trinajstić information content (AvgIpc) is 2.56. The number of hydrogen-bond acceptors (Lipinski definition) is 11. The van der Waals surface area contributed by atoms with E-state index in [1.807, 2.05) is 0 Å². The molecule has 0 aromatic heterocycles. The van der Waals surface area contributed by atoms with Crippen molar-refractivity contribution in [3.63, 3.8) is 0 Å². The summed E-state index contributed by atoms with van der Waals surface area (Å²) in [6.45, 7) is -0.544. The summed E-state index contributed by atoms with van der Waals surface area (Å²) in [5.74, 6) is -1.73. The zero-order chi connectivity index (χ0) is 18.6. The van der Waals surface area contributed by atoms with E-state index in [1.54, 1.807) is 0 Å². The summed E-state index contributed by atoms with van der Waals surface area (Å²) in [5, 5.41) is 60.4. The van der Waals surface area contributed by atoms with Crippen LogP contribution in [-0.4, -0.2) is 104 Å². The fourth-order valence-electron chi connectivity index (χ4n) is 0.944. The quantitative estimate of drug-likeness (QED) is 0.120. The number of aliphatic hydroxyl groups excluding tert-OH is 7. The minimum Gasteiger partial charge on any atom is -0.457 e. The minimum absolute atomic E-state index is 0.0258. The molecule has 23 heavy (non-hydrogen) atoms. The highest BCUT2D eigenvalue weighted by Gasteiger charge is 2.29. The highest BCUT2D eigenvalue weighted by Crippen LogP contribution is 2.02. The maximum absolute atomic E-state index is 10.4. The third-order valence-electron chi connectivity index (χ3n) is 2.33. The van der Waals surface area contributed by atoms with Crippen LogP contribution in [0.3, 0.4) is 0 Å². The van der Waals surface area contributed by atoms with Crippen molar-refractivity contribution in [3.8, 4) is 0 Å². The molecule has 0 aliphatic carbocycles. The number of ether oxygens (including phenoxy) is 1. The molecule has 0 saturated heterocycles. The first kappa shape index (κ1) is 23.8. The van der Waals surface area contributed by atoms with Gasteiger partial charge in [-0.05, 0) is 0 Å². The summed E-state index contributed by atoms with van der Waals surface area (Å²) in [5.41, 5.74) is 0. The van der Waals surface area contributed by atoms with E-state index in [-0.39, 0.29) is 12.9 Å². The summed E-state index contributed by atoms with van der Waals surface area (Å²) >= 11 is 0. The molecule has 0 amide bonds. The molecule has 136 valence electrons. The van der Waals surface area contributed by atoms with Gasteiger partial charge in [-0.1, -0.05) is 0 Å². The average molecular weight is 342 g/mol. The first-order valence-corrected chi connectivity index (χ1v) is 6.37. The first-order valence-electron chi connectivity index (χ1n) is 6.37. The number of Topliss-reactive ketones (excluding diaryl/α,β-unsaturated/α-hetero) is 1. The van der Waals surface area contributed by atoms with Gasteiger partial charge in [-0.25, -0.2) is 4.79 Å². The van der Waals surface area contributed by atoms with Crippen LogP contribution in [0, 0.1) is 0 Å². The molecule has 0 aromatic carbocycles. The van der Waals surface area contributed by atoms with E-state index in [9.17, 15) is 14.4 Å². The highest BCUT2D eigenvalue weighted by atomic mass is 16.5. The lowest BCUT2D eigenvalue weighted by atomic mass is 10.0. The van der Waals surface area contributed by atoms with Crippen LogP contribution < -0.4 is 0 Å². The predicted molar refractivity (Wildman–Crippen MR) is 71.9 cm³/mol. The van der Waals surface area contributed by atoms with Gasteiger partial charge in [-0.3, -0.25) is 4.79 Å². The SMILES string of the molecule is CC(=O)C(=O)OCC(O)CO.O=C[C@H](O)[C@@H](O)[C@H](O)[C@H](O)CO. The van der Waals surface area contributed by atoms with Crippen molar-refractivity contribution in [1.82, 2.24) is 0 Å². The van der Waals surface area contributed by atoms with Crippen molar-refractivity contribution >= 4 is 18.0 Å². The third-order valence-corrected chi connectivity index (χ3v) is 2.33. The second kappa shape index (κ2) is 13.0. The van der Waals surface area contributed by atoms with E-state index in [0.717, 1.165) is 6.92 Å². The van der Waals surface area contributed by atoms with Crippen LogP contribution in [0.25, 0.3) is 0 Å². The molecule has 0 aliphatic rings. The number of rotatable bonds is 9. The predicted octanol–water partition coefficient (Wildman–Crippen LogP) is -4.91. The molecule has 7 N–H and O–H groups in total. The van der Waals surface area contributed by atoms with Gasteiger partial charge in [0.15, 0.2) is 6.29 Å². The normalized spacial score (nSPS) is 16.9. The summed E-state index contributed by atoms with van der Waals surface area (Å²) in [4.78, 5) is 30.5. The molecule has 0 spiro atoms. The molecule has 0 bridgehead atoms. The minimum atomic E-state index is -1.79. The number of aldehydes is 1. The van der Waals surface area contributed by atoms with Gasteiger partial charge >= 0.3 is 5.97 Å². The van der Waals surface area contributed by atoms with Gasteiger partial charge in [-0.2, -0.15) is 0 Å². The van der Waals surface area contributed by atoms with E-state index in [1.165, 1.54) is 0 Å². The molecule has 11 nitrogen and oxygen atoms in total. The molecule has 5 atom stereocenters. The van der Waals surface area contributed by atoms with Gasteiger partial charge in [0, 0.05) is 6.92 Å². The van der Waals surface area contributed by atoms with Crippen LogP contribution in [-0.2, 0) is 19.1 Å². The second-order valence-corrected chi connectivity index (χ2v) is 4.35. The summed E-state index contributed by atoms with van der Waals surface area (Å²) in [6.07, 6.45) is -7.95. The number of ketones is 1. The molecule has 0 rings (SSSR count). The molecule has 1 unspecified atom stereocenters. The Morgan fingerprint density at radius 3 is 1.87 bits per heavy atom. The Labute approximate surface area is 131 Å². The van der Waals surface area contributed by atoms with Crippen LogP contribution >= 0.6 is 0 Å². The van der Waals surface area contributed by atoms with Gasteiger partial charge in [0.05, 0.1) is 13.2 Å². The number of hydrogen-bond donors (Lipinski definition) is 7. The Hall–Kier alpha value is -1.47. The Morgan fingerprint density at radius 2 is 1.52 bits per heavy atom. The highest BCUT2D eigenvalue weighted by molar-refractivity contribution is 6.32. The summed E-state index contributed by atoms with van der Waals surface area (Å²) < 4.78 is 4.26. The van der Waals surface area contributed by atoms with Gasteiger partial charge in [0.1, 0.15) is 37.1 Å². The van der Waals surface area contributed by atoms with Gasteiger partial charge < -0.3 is 45.3 Å². The lowest BCUT2D eigenvalue weighted by Gasteiger charge is -2.22. The maximum Gasteiger partial charge on any atom is 0.374 e. The van der Waals surface area contributed by atoms with Crippen LogP contribution in [0.4, 0.5) is 0 Å². The summed E-state index contributed by atoms with van der Waals surface area (Å²) in [7, 11) is 0. The van der Waals surface area contributed by atoms with Crippen LogP contribution in [0.1, 0.15) is 6.92 Å². The zero-order valence-corrected chi connectivity index (χ0v) is 12.3. The fourth-order valence-corrected chi connectivity index (χ4v) is 0.944. The van der Waals surface area contributed by atoms with Crippen molar-refractivity contribution in [1.29, 1.82) is 0 Å². The van der Waals surface area contributed by atoms with Gasteiger partial charge in [0.25, 0.3) is 0 Å². The molecule has 0 fully saturated rings. The standard InChI is InChI=1S/C6H12O6.C6H10O5/c7-1-3(9)5(11)6(12)4(10)2-8;1-4(8)6(10)11-3-5(9)2-7/h1,3-6,8-12H,2H2;5,7,9H,2-3H2,1H3/t3-,4+,5+,6+;/m0./s1. The van der Waals surface area contributed by atoms with Crippen LogP contribution in [0.5, 0.6) is 0 Å². The number of carbonyl (C=O) groups is 3. The Bertz CT molecular complexity index is 359. The lowest BCUT2D eigenvalue weighted by Crippen LogP contribution is -2.46. The van der Waals surface area contributed by atoms with Crippen LogP contribution in [0.2, 0.25) is 0 Å². The largest absolute Gasteiger partial charge is 0.457 e. The summed E-state index contributed by atoms with van der Waals surface area (Å²) in [6, 6.07) is 0. The maximum atomic E-state index is 10.4. The second-order valence-electron chi connectivity index (χ2n) is 4.35. The van der Waals surface area contributed by atoms with Crippen molar-refractivity contribution < 1.29 is 54.9 Å². The fraction of sp³-hybridized carbons (Fsp3) is 0.750. The van der Waals surface area contributed by atoms with Crippen molar-refractivity contribution in [2.45, 2.75) is 37.4 Å². The molecule has 0 aromatic rings. The van der Waals surface area contributed by atoms with Crippen molar-refractivity contribution in [2.75, 3.05) is 19.8 Å². The van der Waals surface area contributed by atoms with Gasteiger partial charge in [-0.15, -0.1) is 0 Å². The van der Waals surface area contributed by atoms with Crippen molar-refractivity contribution in [2.24, 2.45) is 0 Å². The number of esters is 1. The molecule has 0 saturated carbocycles. The monoisotopic (exact) mass is 342 g/mol. The third kappa shape index (κ3) is 10.8.